The summed E-state index contributed by atoms with van der Waals surface area (Å²) in [6.07, 6.45) is 0.321. The van der Waals surface area contributed by atoms with Gasteiger partial charge in [-0.25, -0.2) is 4.39 Å². The highest BCUT2D eigenvalue weighted by atomic mass is 19.2. The van der Waals surface area contributed by atoms with E-state index in [9.17, 15) is 14.5 Å². The molecule has 0 heterocycles. The molecular formula is C10H10FNO3. The number of nitro benzene ring substituents is 1. The summed E-state index contributed by atoms with van der Waals surface area (Å²) in [5.74, 6) is -1.86. The lowest BCUT2D eigenvalue weighted by molar-refractivity contribution is -0.384. The van der Waals surface area contributed by atoms with Gasteiger partial charge in [0.05, 0.1) is 4.92 Å². The Balaban J connectivity index is 2.16. The maximum Gasteiger partial charge on any atom is 0.269 e. The van der Waals surface area contributed by atoms with E-state index >= 15 is 0 Å². The van der Waals surface area contributed by atoms with Crippen molar-refractivity contribution in [3.8, 4) is 0 Å². The summed E-state index contributed by atoms with van der Waals surface area (Å²) in [6, 6.07) is 5.90. The predicted octanol–water partition coefficient (Wildman–Crippen LogP) is 2.39. The minimum absolute atomic E-state index is 0.0151. The van der Waals surface area contributed by atoms with Crippen LogP contribution < -0.4 is 0 Å². The normalized spacial score (nSPS) is 28.8. The first-order valence-electron chi connectivity index (χ1n) is 4.55. The lowest BCUT2D eigenvalue weighted by Crippen LogP contribution is -2.05. The minimum atomic E-state index is -1.57. The maximum atomic E-state index is 13.5. The molecule has 1 aliphatic rings. The van der Waals surface area contributed by atoms with Crippen molar-refractivity contribution in [3.05, 3.63) is 39.9 Å². The number of hydrogen-bond acceptors (Lipinski definition) is 3. The highest BCUT2D eigenvalue weighted by Gasteiger charge is 2.57. The van der Waals surface area contributed by atoms with Crippen LogP contribution in [0.15, 0.2) is 24.3 Å². The van der Waals surface area contributed by atoms with Crippen molar-refractivity contribution in [2.45, 2.75) is 18.2 Å². The van der Waals surface area contributed by atoms with E-state index in [0.717, 1.165) is 5.56 Å². The molecule has 0 saturated heterocycles. The van der Waals surface area contributed by atoms with Crippen molar-refractivity contribution in [3.63, 3.8) is 0 Å². The van der Waals surface area contributed by atoms with E-state index in [4.69, 9.17) is 4.74 Å². The Bertz CT molecular complexity index is 392. The third kappa shape index (κ3) is 1.70. The van der Waals surface area contributed by atoms with Crippen LogP contribution in [0, 0.1) is 10.1 Å². The van der Waals surface area contributed by atoms with Crippen LogP contribution in [0.1, 0.15) is 17.9 Å². The molecule has 2 atom stereocenters. The first-order chi connectivity index (χ1) is 7.07. The van der Waals surface area contributed by atoms with Gasteiger partial charge in [-0.2, -0.15) is 0 Å². The number of benzene rings is 1. The standard InChI is InChI=1S/C10H10FNO3/c1-15-10(11)6-9(10)7-2-4-8(5-3-7)12(13)14/h2-5,9H,6H2,1H3/t9-,10+/m0/s1. The topological polar surface area (TPSA) is 52.4 Å². The number of nitro groups is 1. The molecular weight excluding hydrogens is 201 g/mol. The number of halogens is 1. The molecule has 0 aliphatic heterocycles. The minimum Gasteiger partial charge on any atom is -0.349 e. The molecule has 1 fully saturated rings. The van der Waals surface area contributed by atoms with Crippen LogP contribution in [0.4, 0.5) is 10.1 Å². The summed E-state index contributed by atoms with van der Waals surface area (Å²) in [6.45, 7) is 0. The van der Waals surface area contributed by atoms with Gasteiger partial charge in [0, 0.05) is 31.6 Å². The summed E-state index contributed by atoms with van der Waals surface area (Å²) in [7, 11) is 1.32. The quantitative estimate of drug-likeness (QED) is 0.569. The summed E-state index contributed by atoms with van der Waals surface area (Å²) >= 11 is 0. The van der Waals surface area contributed by atoms with E-state index in [0.29, 0.717) is 6.42 Å². The first kappa shape index (κ1) is 10.0. The number of nitrogens with zero attached hydrogens (tertiary/aromatic N) is 1. The van der Waals surface area contributed by atoms with Crippen molar-refractivity contribution in [2.24, 2.45) is 0 Å². The van der Waals surface area contributed by atoms with Gasteiger partial charge < -0.3 is 4.74 Å². The van der Waals surface area contributed by atoms with Gasteiger partial charge in [-0.3, -0.25) is 10.1 Å². The summed E-state index contributed by atoms with van der Waals surface area (Å²) in [5.41, 5.74) is 0.756. The third-order valence-electron chi connectivity index (χ3n) is 2.69. The average Bonchev–Trinajstić information content (AvgIpc) is 2.92. The summed E-state index contributed by atoms with van der Waals surface area (Å²) in [4.78, 5) is 9.91. The SMILES string of the molecule is CO[C@]1(F)C[C@H]1c1ccc([N+](=O)[O-])cc1. The van der Waals surface area contributed by atoms with Gasteiger partial charge in [-0.05, 0) is 5.56 Å². The van der Waals surface area contributed by atoms with Crippen molar-refractivity contribution in [1.82, 2.24) is 0 Å². The Kier molecular flexibility index (Phi) is 2.19. The maximum absolute atomic E-state index is 13.5. The van der Waals surface area contributed by atoms with Gasteiger partial charge in [0.15, 0.2) is 0 Å². The Morgan fingerprint density at radius 2 is 2.13 bits per heavy atom. The molecule has 0 radical (unpaired) electrons. The van der Waals surface area contributed by atoms with E-state index in [1.807, 2.05) is 0 Å². The van der Waals surface area contributed by atoms with Crippen LogP contribution in [0.5, 0.6) is 0 Å². The van der Waals surface area contributed by atoms with Crippen LogP contribution in [0.25, 0.3) is 0 Å². The van der Waals surface area contributed by atoms with E-state index in [1.165, 1.54) is 19.2 Å². The molecule has 0 bridgehead atoms. The van der Waals surface area contributed by atoms with E-state index in [2.05, 4.69) is 0 Å². The Labute approximate surface area is 85.8 Å². The molecule has 5 heteroatoms. The fourth-order valence-corrected chi connectivity index (χ4v) is 1.64. The number of hydrogen-bond donors (Lipinski definition) is 0. The zero-order chi connectivity index (χ0) is 11.1. The van der Waals surface area contributed by atoms with Gasteiger partial charge in [-0.1, -0.05) is 12.1 Å². The van der Waals surface area contributed by atoms with Crippen LogP contribution in [-0.4, -0.2) is 17.9 Å². The molecule has 2 rings (SSSR count). The second-order valence-electron chi connectivity index (χ2n) is 3.60. The molecule has 1 aromatic rings. The molecule has 0 aromatic heterocycles. The molecule has 0 amide bonds. The molecule has 0 spiro atoms. The van der Waals surface area contributed by atoms with Crippen molar-refractivity contribution < 1.29 is 14.1 Å². The molecule has 1 saturated carbocycles. The highest BCUT2D eigenvalue weighted by Crippen LogP contribution is 2.55. The Morgan fingerprint density at radius 3 is 2.53 bits per heavy atom. The fourth-order valence-electron chi connectivity index (χ4n) is 1.64. The van der Waals surface area contributed by atoms with Crippen LogP contribution in [0.2, 0.25) is 0 Å². The van der Waals surface area contributed by atoms with E-state index in [1.54, 1.807) is 12.1 Å². The molecule has 0 unspecified atom stereocenters. The second kappa shape index (κ2) is 3.27. The van der Waals surface area contributed by atoms with Gasteiger partial charge in [0.1, 0.15) is 0 Å². The molecule has 1 aromatic carbocycles. The predicted molar refractivity (Wildman–Crippen MR) is 51.3 cm³/mol. The van der Waals surface area contributed by atoms with Crippen molar-refractivity contribution in [2.75, 3.05) is 7.11 Å². The summed E-state index contributed by atoms with van der Waals surface area (Å²) < 4.78 is 18.2. The van der Waals surface area contributed by atoms with Crippen LogP contribution >= 0.6 is 0 Å². The lowest BCUT2D eigenvalue weighted by Gasteiger charge is -2.04. The largest absolute Gasteiger partial charge is 0.349 e. The summed E-state index contributed by atoms with van der Waals surface area (Å²) in [5, 5.41) is 10.4. The van der Waals surface area contributed by atoms with Crippen LogP contribution in [-0.2, 0) is 4.74 Å². The van der Waals surface area contributed by atoms with Gasteiger partial charge in [0.2, 0.25) is 5.85 Å². The molecule has 80 valence electrons. The van der Waals surface area contributed by atoms with Crippen molar-refractivity contribution >= 4 is 5.69 Å². The smallest absolute Gasteiger partial charge is 0.269 e. The average molecular weight is 211 g/mol. The van der Waals surface area contributed by atoms with Gasteiger partial charge in [0.25, 0.3) is 5.69 Å². The number of methoxy groups -OCH3 is 1. The molecule has 15 heavy (non-hydrogen) atoms. The van der Waals surface area contributed by atoms with Gasteiger partial charge >= 0.3 is 0 Å². The van der Waals surface area contributed by atoms with Crippen LogP contribution in [0.3, 0.4) is 0 Å². The third-order valence-corrected chi connectivity index (χ3v) is 2.69. The van der Waals surface area contributed by atoms with Gasteiger partial charge in [-0.15, -0.1) is 0 Å². The highest BCUT2D eigenvalue weighted by molar-refractivity contribution is 5.37. The molecule has 0 N–H and O–H groups in total. The van der Waals surface area contributed by atoms with E-state index in [-0.39, 0.29) is 11.6 Å². The first-order valence-corrected chi connectivity index (χ1v) is 4.55. The fraction of sp³-hybridized carbons (Fsp3) is 0.400. The number of rotatable bonds is 3. The number of non-ortho nitro benzene ring substituents is 1. The lowest BCUT2D eigenvalue weighted by atomic mass is 10.1. The van der Waals surface area contributed by atoms with Crippen molar-refractivity contribution in [1.29, 1.82) is 0 Å². The van der Waals surface area contributed by atoms with E-state index < -0.39 is 10.8 Å². The monoisotopic (exact) mass is 211 g/mol. The molecule has 4 nitrogen and oxygen atoms in total. The zero-order valence-corrected chi connectivity index (χ0v) is 8.14. The number of alkyl halides is 1. The zero-order valence-electron chi connectivity index (χ0n) is 8.14. The second-order valence-corrected chi connectivity index (χ2v) is 3.60. The Morgan fingerprint density at radius 1 is 1.53 bits per heavy atom. The Hall–Kier alpha value is -1.49. The number of ether oxygens (including phenoxy) is 1. The molecule has 1 aliphatic carbocycles.